The molecule has 1 N–H and O–H groups in total. The van der Waals surface area contributed by atoms with Gasteiger partial charge in [-0.25, -0.2) is 0 Å². The molecule has 100 valence electrons. The van der Waals surface area contributed by atoms with E-state index < -0.39 is 6.10 Å². The number of halogens is 2. The Morgan fingerprint density at radius 2 is 1.84 bits per heavy atom. The van der Waals surface area contributed by atoms with Gasteiger partial charge in [0.15, 0.2) is 0 Å². The second-order valence-electron chi connectivity index (χ2n) is 4.25. The van der Waals surface area contributed by atoms with Crippen LogP contribution in [0.15, 0.2) is 42.5 Å². The van der Waals surface area contributed by atoms with Crippen LogP contribution in [0.1, 0.15) is 24.2 Å². The normalized spacial score (nSPS) is 12.2. The van der Waals surface area contributed by atoms with Crippen LogP contribution in [0, 0.1) is 0 Å². The average Bonchev–Trinajstić information content (AvgIpc) is 2.39. The third-order valence-electron chi connectivity index (χ3n) is 2.78. The first kappa shape index (κ1) is 14.2. The summed E-state index contributed by atoms with van der Waals surface area (Å²) in [6.45, 7) is 2.04. The zero-order chi connectivity index (χ0) is 13.8. The Labute approximate surface area is 122 Å². The molecule has 1 atom stereocenters. The molecule has 2 nitrogen and oxygen atoms in total. The maximum Gasteiger partial charge on any atom is 0.138 e. The fourth-order valence-electron chi connectivity index (χ4n) is 1.66. The molecule has 0 radical (unpaired) electrons. The zero-order valence-corrected chi connectivity index (χ0v) is 11.9. The first-order valence-corrected chi connectivity index (χ1v) is 6.67. The summed E-state index contributed by atoms with van der Waals surface area (Å²) in [5, 5.41) is 10.6. The molecule has 0 amide bonds. The summed E-state index contributed by atoms with van der Waals surface area (Å²) in [5.74, 6) is 0.575. The zero-order valence-electron chi connectivity index (χ0n) is 10.4. The molecule has 0 unspecified atom stereocenters. The number of hydrogen-bond donors (Lipinski definition) is 1. The SMILES string of the molecule is C[C@@H](O)c1ccc(OCc2ccccc2Cl)c(Cl)c1. The molecule has 0 saturated carbocycles. The van der Waals surface area contributed by atoms with Crippen LogP contribution in [0.25, 0.3) is 0 Å². The van der Waals surface area contributed by atoms with Gasteiger partial charge in [0.25, 0.3) is 0 Å². The average molecular weight is 297 g/mol. The van der Waals surface area contributed by atoms with Gasteiger partial charge in [-0.2, -0.15) is 0 Å². The molecule has 0 heterocycles. The Bertz CT molecular complexity index is 568. The lowest BCUT2D eigenvalue weighted by molar-refractivity contribution is 0.199. The Balaban J connectivity index is 2.10. The van der Waals surface area contributed by atoms with E-state index in [9.17, 15) is 5.11 Å². The van der Waals surface area contributed by atoms with Gasteiger partial charge in [0.2, 0.25) is 0 Å². The van der Waals surface area contributed by atoms with Crippen molar-refractivity contribution >= 4 is 23.2 Å². The van der Waals surface area contributed by atoms with E-state index in [2.05, 4.69) is 0 Å². The van der Waals surface area contributed by atoms with Crippen LogP contribution in [0.5, 0.6) is 5.75 Å². The fourth-order valence-corrected chi connectivity index (χ4v) is 2.10. The van der Waals surface area contributed by atoms with Crippen LogP contribution in [-0.2, 0) is 6.61 Å². The van der Waals surface area contributed by atoms with Gasteiger partial charge in [-0.15, -0.1) is 0 Å². The Kier molecular flexibility index (Phi) is 4.70. The van der Waals surface area contributed by atoms with E-state index >= 15 is 0 Å². The molecule has 2 aromatic carbocycles. The minimum Gasteiger partial charge on any atom is -0.487 e. The molecule has 2 rings (SSSR count). The summed E-state index contributed by atoms with van der Waals surface area (Å²) in [6.07, 6.45) is -0.546. The minimum atomic E-state index is -0.546. The molecule has 2 aromatic rings. The van der Waals surface area contributed by atoms with Gasteiger partial charge in [-0.05, 0) is 30.7 Å². The van der Waals surface area contributed by atoms with Crippen LogP contribution < -0.4 is 4.74 Å². The smallest absolute Gasteiger partial charge is 0.138 e. The number of ether oxygens (including phenoxy) is 1. The van der Waals surface area contributed by atoms with Gasteiger partial charge < -0.3 is 9.84 Å². The van der Waals surface area contributed by atoms with E-state index in [-0.39, 0.29) is 0 Å². The van der Waals surface area contributed by atoms with E-state index in [1.807, 2.05) is 24.3 Å². The van der Waals surface area contributed by atoms with Gasteiger partial charge >= 0.3 is 0 Å². The lowest BCUT2D eigenvalue weighted by Gasteiger charge is -2.11. The monoisotopic (exact) mass is 296 g/mol. The van der Waals surface area contributed by atoms with E-state index in [1.165, 1.54) is 0 Å². The van der Waals surface area contributed by atoms with Crippen molar-refractivity contribution in [3.8, 4) is 5.75 Å². The van der Waals surface area contributed by atoms with Gasteiger partial charge in [0, 0.05) is 10.6 Å². The summed E-state index contributed by atoms with van der Waals surface area (Å²) in [5.41, 5.74) is 1.66. The van der Waals surface area contributed by atoms with Crippen molar-refractivity contribution in [2.45, 2.75) is 19.6 Å². The first-order valence-electron chi connectivity index (χ1n) is 5.91. The van der Waals surface area contributed by atoms with Crippen LogP contribution in [0.4, 0.5) is 0 Å². The van der Waals surface area contributed by atoms with E-state index in [0.717, 1.165) is 11.1 Å². The number of benzene rings is 2. The topological polar surface area (TPSA) is 29.5 Å². The fraction of sp³-hybridized carbons (Fsp3) is 0.200. The standard InChI is InChI=1S/C15H14Cl2O2/c1-10(18)11-6-7-15(14(17)8-11)19-9-12-4-2-3-5-13(12)16/h2-8,10,18H,9H2,1H3/t10-/m1/s1. The number of hydrogen-bond acceptors (Lipinski definition) is 2. The molecule has 0 saturated heterocycles. The molecule has 4 heteroatoms. The van der Waals surface area contributed by atoms with Crippen LogP contribution in [-0.4, -0.2) is 5.11 Å². The second kappa shape index (κ2) is 6.29. The van der Waals surface area contributed by atoms with Crippen molar-refractivity contribution in [1.29, 1.82) is 0 Å². The van der Waals surface area contributed by atoms with E-state index in [4.69, 9.17) is 27.9 Å². The molecule has 0 bridgehead atoms. The summed E-state index contributed by atoms with van der Waals surface area (Å²) in [7, 11) is 0. The van der Waals surface area contributed by atoms with Gasteiger partial charge in [-0.3, -0.25) is 0 Å². The highest BCUT2D eigenvalue weighted by atomic mass is 35.5. The predicted octanol–water partition coefficient (Wildman–Crippen LogP) is 4.63. The first-order chi connectivity index (χ1) is 9.08. The molecular formula is C15H14Cl2O2. The molecule has 0 aliphatic rings. The van der Waals surface area contributed by atoms with Crippen LogP contribution >= 0.6 is 23.2 Å². The van der Waals surface area contributed by atoms with Crippen LogP contribution in [0.2, 0.25) is 10.0 Å². The highest BCUT2D eigenvalue weighted by Crippen LogP contribution is 2.29. The second-order valence-corrected chi connectivity index (χ2v) is 5.06. The number of aliphatic hydroxyl groups excluding tert-OH is 1. The third-order valence-corrected chi connectivity index (χ3v) is 3.44. The summed E-state index contributed by atoms with van der Waals surface area (Å²) >= 11 is 12.2. The van der Waals surface area contributed by atoms with E-state index in [0.29, 0.717) is 22.4 Å². The summed E-state index contributed by atoms with van der Waals surface area (Å²) in [4.78, 5) is 0. The van der Waals surface area contributed by atoms with Gasteiger partial charge in [0.05, 0.1) is 11.1 Å². The Hall–Kier alpha value is -1.22. The highest BCUT2D eigenvalue weighted by Gasteiger charge is 2.07. The summed E-state index contributed by atoms with van der Waals surface area (Å²) in [6, 6.07) is 12.7. The highest BCUT2D eigenvalue weighted by molar-refractivity contribution is 6.32. The summed E-state index contributed by atoms with van der Waals surface area (Å²) < 4.78 is 5.64. The Morgan fingerprint density at radius 1 is 1.11 bits per heavy atom. The van der Waals surface area contributed by atoms with Crippen LogP contribution in [0.3, 0.4) is 0 Å². The molecule has 19 heavy (non-hydrogen) atoms. The molecular weight excluding hydrogens is 283 g/mol. The van der Waals surface area contributed by atoms with Gasteiger partial charge in [0.1, 0.15) is 12.4 Å². The van der Waals surface area contributed by atoms with E-state index in [1.54, 1.807) is 25.1 Å². The lowest BCUT2D eigenvalue weighted by Crippen LogP contribution is -1.98. The maximum absolute atomic E-state index is 9.47. The van der Waals surface area contributed by atoms with Crippen molar-refractivity contribution in [1.82, 2.24) is 0 Å². The van der Waals surface area contributed by atoms with Crippen molar-refractivity contribution in [2.75, 3.05) is 0 Å². The van der Waals surface area contributed by atoms with Crippen molar-refractivity contribution in [2.24, 2.45) is 0 Å². The Morgan fingerprint density at radius 3 is 2.47 bits per heavy atom. The third kappa shape index (κ3) is 3.63. The maximum atomic E-state index is 9.47. The number of aliphatic hydroxyl groups is 1. The lowest BCUT2D eigenvalue weighted by atomic mass is 10.1. The molecule has 0 spiro atoms. The molecule has 0 aliphatic heterocycles. The quantitative estimate of drug-likeness (QED) is 0.891. The number of rotatable bonds is 4. The largest absolute Gasteiger partial charge is 0.487 e. The predicted molar refractivity (Wildman–Crippen MR) is 77.9 cm³/mol. The molecule has 0 aliphatic carbocycles. The molecule has 0 fully saturated rings. The van der Waals surface area contributed by atoms with Gasteiger partial charge in [-0.1, -0.05) is 47.5 Å². The molecule has 0 aromatic heterocycles. The van der Waals surface area contributed by atoms with Crippen molar-refractivity contribution in [3.05, 3.63) is 63.6 Å². The van der Waals surface area contributed by atoms with Crippen molar-refractivity contribution < 1.29 is 9.84 Å². The minimum absolute atomic E-state index is 0.355. The van der Waals surface area contributed by atoms with Crippen molar-refractivity contribution in [3.63, 3.8) is 0 Å².